The zero-order valence-corrected chi connectivity index (χ0v) is 9.46. The maximum atomic E-state index is 4.72. The number of aromatic nitrogens is 1. The lowest BCUT2D eigenvalue weighted by atomic mass is 10.0. The fourth-order valence-corrected chi connectivity index (χ4v) is 3.80. The predicted molar refractivity (Wildman–Crippen MR) is 62.1 cm³/mol. The average Bonchev–Trinajstić information content (AvgIpc) is 2.86. The fourth-order valence-electron chi connectivity index (χ4n) is 1.86. The molecule has 0 aliphatic heterocycles. The van der Waals surface area contributed by atoms with Gasteiger partial charge in [-0.3, -0.25) is 0 Å². The SMILES string of the molecule is c1csc(-c2nc3c(s2)CCCC3)c1. The van der Waals surface area contributed by atoms with Gasteiger partial charge in [-0.2, -0.15) is 0 Å². The lowest BCUT2D eigenvalue weighted by molar-refractivity contribution is 0.683. The maximum absolute atomic E-state index is 4.72. The fraction of sp³-hybridized carbons (Fsp3) is 0.364. The number of rotatable bonds is 1. The number of fused-ring (bicyclic) bond motifs is 1. The molecule has 3 rings (SSSR count). The lowest BCUT2D eigenvalue weighted by Crippen LogP contribution is -1.98. The van der Waals surface area contributed by atoms with Gasteiger partial charge in [0.05, 0.1) is 10.6 Å². The van der Waals surface area contributed by atoms with Crippen LogP contribution < -0.4 is 0 Å². The van der Waals surface area contributed by atoms with E-state index in [4.69, 9.17) is 4.98 Å². The summed E-state index contributed by atoms with van der Waals surface area (Å²) < 4.78 is 0. The topological polar surface area (TPSA) is 12.9 Å². The first-order chi connectivity index (χ1) is 6.93. The van der Waals surface area contributed by atoms with Gasteiger partial charge >= 0.3 is 0 Å². The molecule has 72 valence electrons. The molecule has 0 aromatic carbocycles. The smallest absolute Gasteiger partial charge is 0.133 e. The Bertz CT molecular complexity index is 405. The van der Waals surface area contributed by atoms with E-state index in [1.807, 2.05) is 11.3 Å². The van der Waals surface area contributed by atoms with Crippen molar-refractivity contribution in [1.29, 1.82) is 0 Å². The van der Waals surface area contributed by atoms with Crippen molar-refractivity contribution in [3.8, 4) is 9.88 Å². The minimum atomic E-state index is 1.19. The highest BCUT2D eigenvalue weighted by molar-refractivity contribution is 7.21. The molecule has 2 aromatic heterocycles. The number of hydrogen-bond acceptors (Lipinski definition) is 3. The Morgan fingerprint density at radius 1 is 1.21 bits per heavy atom. The zero-order valence-electron chi connectivity index (χ0n) is 7.82. The van der Waals surface area contributed by atoms with Crippen LogP contribution in [0, 0.1) is 0 Å². The highest BCUT2D eigenvalue weighted by Crippen LogP contribution is 2.34. The normalized spacial score (nSPS) is 15.4. The highest BCUT2D eigenvalue weighted by Gasteiger charge is 2.15. The second-order valence-corrected chi connectivity index (χ2v) is 5.60. The molecule has 1 aliphatic carbocycles. The monoisotopic (exact) mass is 221 g/mol. The highest BCUT2D eigenvalue weighted by atomic mass is 32.1. The minimum Gasteiger partial charge on any atom is -0.240 e. The Balaban J connectivity index is 2.04. The summed E-state index contributed by atoms with van der Waals surface area (Å²) in [4.78, 5) is 7.57. The quantitative estimate of drug-likeness (QED) is 0.714. The first-order valence-corrected chi connectivity index (χ1v) is 6.65. The van der Waals surface area contributed by atoms with Crippen molar-refractivity contribution < 1.29 is 0 Å². The van der Waals surface area contributed by atoms with E-state index in [0.29, 0.717) is 0 Å². The van der Waals surface area contributed by atoms with Gasteiger partial charge in [-0.25, -0.2) is 4.98 Å². The second-order valence-electron chi connectivity index (χ2n) is 3.57. The summed E-state index contributed by atoms with van der Waals surface area (Å²) in [5.41, 5.74) is 1.37. The van der Waals surface area contributed by atoms with E-state index in [2.05, 4.69) is 17.5 Å². The molecule has 0 saturated carbocycles. The van der Waals surface area contributed by atoms with Crippen LogP contribution in [-0.4, -0.2) is 4.98 Å². The summed E-state index contributed by atoms with van der Waals surface area (Å²) >= 11 is 3.68. The van der Waals surface area contributed by atoms with Gasteiger partial charge in [0.25, 0.3) is 0 Å². The summed E-state index contributed by atoms with van der Waals surface area (Å²) in [6, 6.07) is 4.26. The van der Waals surface area contributed by atoms with Crippen molar-refractivity contribution >= 4 is 22.7 Å². The number of thiophene rings is 1. The zero-order chi connectivity index (χ0) is 9.38. The van der Waals surface area contributed by atoms with E-state index in [1.165, 1.54) is 46.1 Å². The largest absolute Gasteiger partial charge is 0.240 e. The second kappa shape index (κ2) is 3.48. The standard InChI is InChI=1S/C11H11NS2/c1-2-5-9-8(4-1)12-11(14-9)10-6-3-7-13-10/h3,6-7H,1-2,4-5H2. The number of aryl methyl sites for hydroxylation is 2. The molecule has 0 atom stereocenters. The van der Waals surface area contributed by atoms with Crippen molar-refractivity contribution in [2.75, 3.05) is 0 Å². The first kappa shape index (κ1) is 8.62. The summed E-state index contributed by atoms with van der Waals surface area (Å²) in [5.74, 6) is 0. The molecule has 0 spiro atoms. The number of thiazole rings is 1. The van der Waals surface area contributed by atoms with E-state index in [-0.39, 0.29) is 0 Å². The average molecular weight is 221 g/mol. The Morgan fingerprint density at radius 3 is 2.93 bits per heavy atom. The van der Waals surface area contributed by atoms with E-state index >= 15 is 0 Å². The molecule has 0 bridgehead atoms. The third-order valence-corrected chi connectivity index (χ3v) is 4.77. The van der Waals surface area contributed by atoms with Gasteiger partial charge in [0.2, 0.25) is 0 Å². The first-order valence-electron chi connectivity index (χ1n) is 4.96. The Kier molecular flexibility index (Phi) is 2.14. The van der Waals surface area contributed by atoms with E-state index in [0.717, 1.165) is 0 Å². The van der Waals surface area contributed by atoms with Crippen LogP contribution >= 0.6 is 22.7 Å². The minimum absolute atomic E-state index is 1.19. The molecule has 14 heavy (non-hydrogen) atoms. The molecule has 3 heteroatoms. The van der Waals surface area contributed by atoms with Gasteiger partial charge < -0.3 is 0 Å². The third-order valence-electron chi connectivity index (χ3n) is 2.58. The molecule has 2 aromatic rings. The molecule has 0 N–H and O–H groups in total. The Morgan fingerprint density at radius 2 is 2.14 bits per heavy atom. The molecular weight excluding hydrogens is 210 g/mol. The van der Waals surface area contributed by atoms with Crippen LogP contribution in [0.15, 0.2) is 17.5 Å². The van der Waals surface area contributed by atoms with Crippen molar-refractivity contribution in [3.05, 3.63) is 28.1 Å². The molecular formula is C11H11NS2. The van der Waals surface area contributed by atoms with Crippen LogP contribution in [0.2, 0.25) is 0 Å². The molecule has 0 saturated heterocycles. The van der Waals surface area contributed by atoms with Crippen molar-refractivity contribution in [2.24, 2.45) is 0 Å². The summed E-state index contributed by atoms with van der Waals surface area (Å²) in [6.45, 7) is 0. The number of nitrogens with zero attached hydrogens (tertiary/aromatic N) is 1. The molecule has 2 heterocycles. The van der Waals surface area contributed by atoms with Gasteiger partial charge in [-0.1, -0.05) is 6.07 Å². The maximum Gasteiger partial charge on any atom is 0.133 e. The lowest BCUT2D eigenvalue weighted by Gasteiger charge is -2.06. The van der Waals surface area contributed by atoms with Crippen LogP contribution in [0.5, 0.6) is 0 Å². The van der Waals surface area contributed by atoms with Gasteiger partial charge in [0.15, 0.2) is 0 Å². The third kappa shape index (κ3) is 1.41. The molecule has 0 fully saturated rings. The molecule has 0 amide bonds. The van der Waals surface area contributed by atoms with Crippen LogP contribution in [0.25, 0.3) is 9.88 Å². The van der Waals surface area contributed by atoms with Crippen LogP contribution in [0.4, 0.5) is 0 Å². The van der Waals surface area contributed by atoms with Gasteiger partial charge in [0.1, 0.15) is 5.01 Å². The number of hydrogen-bond donors (Lipinski definition) is 0. The van der Waals surface area contributed by atoms with Gasteiger partial charge in [-0.15, -0.1) is 22.7 Å². The predicted octanol–water partition coefficient (Wildman–Crippen LogP) is 3.75. The molecule has 0 unspecified atom stereocenters. The summed E-state index contributed by atoms with van der Waals surface area (Å²) in [5, 5.41) is 3.35. The molecule has 0 radical (unpaired) electrons. The Labute approximate surface area is 91.4 Å². The molecule has 1 nitrogen and oxygen atoms in total. The van der Waals surface area contributed by atoms with E-state index in [1.54, 1.807) is 11.3 Å². The van der Waals surface area contributed by atoms with Crippen LogP contribution in [0.3, 0.4) is 0 Å². The van der Waals surface area contributed by atoms with Gasteiger partial charge in [-0.05, 0) is 37.1 Å². The molecule has 1 aliphatic rings. The summed E-state index contributed by atoms with van der Waals surface area (Å²) in [6.07, 6.45) is 5.11. The summed E-state index contributed by atoms with van der Waals surface area (Å²) in [7, 11) is 0. The van der Waals surface area contributed by atoms with Gasteiger partial charge in [0, 0.05) is 4.88 Å². The van der Waals surface area contributed by atoms with E-state index < -0.39 is 0 Å². The van der Waals surface area contributed by atoms with Crippen molar-refractivity contribution in [2.45, 2.75) is 25.7 Å². The van der Waals surface area contributed by atoms with Crippen LogP contribution in [-0.2, 0) is 12.8 Å². The van der Waals surface area contributed by atoms with E-state index in [9.17, 15) is 0 Å². The Hall–Kier alpha value is -0.670. The van der Waals surface area contributed by atoms with Crippen molar-refractivity contribution in [3.63, 3.8) is 0 Å². The van der Waals surface area contributed by atoms with Crippen LogP contribution in [0.1, 0.15) is 23.4 Å². The van der Waals surface area contributed by atoms with Crippen molar-refractivity contribution in [1.82, 2.24) is 4.98 Å².